The molecule has 1 fully saturated rings. The van der Waals surface area contributed by atoms with Gasteiger partial charge >= 0.3 is 18.4 Å². The van der Waals surface area contributed by atoms with Gasteiger partial charge in [0, 0.05) is 5.56 Å². The molecule has 2 N–H and O–H groups in total. The van der Waals surface area contributed by atoms with E-state index in [1.54, 1.807) is 39.0 Å². The van der Waals surface area contributed by atoms with E-state index in [2.05, 4.69) is 17.2 Å². The van der Waals surface area contributed by atoms with Crippen molar-refractivity contribution >= 4 is 11.9 Å². The van der Waals surface area contributed by atoms with E-state index in [1.165, 1.54) is 0 Å². The van der Waals surface area contributed by atoms with Crippen LogP contribution >= 0.6 is 0 Å². The van der Waals surface area contributed by atoms with E-state index >= 15 is 0 Å². The number of carbonyl (C=O) groups excluding carboxylic acids is 2. The minimum atomic E-state index is -6.02. The van der Waals surface area contributed by atoms with E-state index in [0.717, 1.165) is 4.90 Å². The molecule has 244 valence electrons. The highest BCUT2D eigenvalue weighted by Crippen LogP contribution is 2.51. The molecule has 14 heteroatoms. The largest absolute Gasteiger partial charge is 0.480 e. The van der Waals surface area contributed by atoms with Gasteiger partial charge in [-0.05, 0) is 60.2 Å². The molecule has 3 amide bonds. The molecule has 1 unspecified atom stereocenters. The molecule has 0 bridgehead atoms. The maximum absolute atomic E-state index is 13.6. The third kappa shape index (κ3) is 6.10. The summed E-state index contributed by atoms with van der Waals surface area (Å²) in [7, 11) is 0. The predicted molar refractivity (Wildman–Crippen MR) is 148 cm³/mol. The van der Waals surface area contributed by atoms with Gasteiger partial charge in [0.1, 0.15) is 17.9 Å². The minimum absolute atomic E-state index is 0.0371. The minimum Gasteiger partial charge on any atom is -0.480 e. The lowest BCUT2D eigenvalue weighted by atomic mass is 9.87. The maximum Gasteiger partial charge on any atom is 0.430 e. The number of amides is 3. The van der Waals surface area contributed by atoms with Crippen molar-refractivity contribution in [2.24, 2.45) is 0 Å². The molecule has 1 saturated heterocycles. The molecule has 0 saturated carbocycles. The molecule has 0 aliphatic carbocycles. The van der Waals surface area contributed by atoms with Crippen molar-refractivity contribution in [3.8, 4) is 29.1 Å². The molecule has 2 aromatic rings. The van der Waals surface area contributed by atoms with Gasteiger partial charge in [-0.25, -0.2) is 4.79 Å². The van der Waals surface area contributed by atoms with Crippen LogP contribution in [0.1, 0.15) is 62.3 Å². The number of nitrogens with one attached hydrogen (secondary N) is 1. The van der Waals surface area contributed by atoms with Crippen LogP contribution in [0.5, 0.6) is 17.2 Å². The molecule has 1 atom stereocenters. The number of aryl methyl sites for hydroxylation is 2. The van der Waals surface area contributed by atoms with Crippen LogP contribution in [0.25, 0.3) is 0 Å². The molecule has 45 heavy (non-hydrogen) atoms. The highest BCUT2D eigenvalue weighted by molar-refractivity contribution is 6.07. The summed E-state index contributed by atoms with van der Waals surface area (Å²) in [5.74, 6) is 5.84. The molecular weight excluding hydrogens is 610 g/mol. The second-order valence-electron chi connectivity index (χ2n) is 10.6. The first-order chi connectivity index (χ1) is 21.1. The molecule has 2 aliphatic rings. The number of hydrogen-bond acceptors (Lipinski definition) is 6. The Kier molecular flexibility index (Phi) is 9.53. The molecular formula is C31H32F6N2O6. The topological polar surface area (TPSA) is 97.3 Å². The molecule has 0 radical (unpaired) electrons. The van der Waals surface area contributed by atoms with Crippen molar-refractivity contribution in [3.63, 3.8) is 0 Å². The van der Waals surface area contributed by atoms with Gasteiger partial charge in [-0.15, -0.1) is 0 Å². The summed E-state index contributed by atoms with van der Waals surface area (Å²) < 4.78 is 98.2. The monoisotopic (exact) mass is 642 g/mol. The number of ether oxygens (including phenoxy) is 3. The SMILES string of the molecule is CCCc1cc(C(O)(C(F)(F)F)C(F)(F)F)cc(CCC)c1OCC#CCN1C(=O)NC(CC)(c2ccc3c(c2)OCO3)C1=O. The number of rotatable bonds is 10. The van der Waals surface area contributed by atoms with E-state index < -0.39 is 41.0 Å². The molecule has 0 spiro atoms. The number of benzene rings is 2. The van der Waals surface area contributed by atoms with Gasteiger partial charge in [-0.2, -0.15) is 26.3 Å². The summed E-state index contributed by atoms with van der Waals surface area (Å²) in [5.41, 5.74) is -7.15. The van der Waals surface area contributed by atoms with E-state index in [4.69, 9.17) is 14.2 Å². The first kappa shape index (κ1) is 33.8. The van der Waals surface area contributed by atoms with Gasteiger partial charge in [0.05, 0.1) is 6.54 Å². The number of aliphatic hydroxyl groups is 1. The predicted octanol–water partition coefficient (Wildman–Crippen LogP) is 5.87. The van der Waals surface area contributed by atoms with Crippen molar-refractivity contribution in [1.29, 1.82) is 0 Å². The maximum atomic E-state index is 13.6. The van der Waals surface area contributed by atoms with Crippen LogP contribution in [0, 0.1) is 11.8 Å². The van der Waals surface area contributed by atoms with Crippen LogP contribution in [0.2, 0.25) is 0 Å². The zero-order valence-electron chi connectivity index (χ0n) is 24.7. The first-order valence-electron chi connectivity index (χ1n) is 14.3. The van der Waals surface area contributed by atoms with Crippen LogP contribution in [0.4, 0.5) is 31.1 Å². The van der Waals surface area contributed by atoms with E-state index in [-0.39, 0.29) is 56.1 Å². The van der Waals surface area contributed by atoms with Crippen molar-refractivity contribution in [2.45, 2.75) is 76.4 Å². The Morgan fingerprint density at radius 1 is 0.933 bits per heavy atom. The highest BCUT2D eigenvalue weighted by atomic mass is 19.4. The quantitative estimate of drug-likeness (QED) is 0.191. The normalized spacial score (nSPS) is 18.1. The molecule has 2 aliphatic heterocycles. The fourth-order valence-corrected chi connectivity index (χ4v) is 5.41. The van der Waals surface area contributed by atoms with Gasteiger partial charge in [-0.3, -0.25) is 9.69 Å². The van der Waals surface area contributed by atoms with Crippen LogP contribution in [0.3, 0.4) is 0 Å². The van der Waals surface area contributed by atoms with Crippen LogP contribution in [0.15, 0.2) is 30.3 Å². The zero-order valence-corrected chi connectivity index (χ0v) is 24.7. The smallest absolute Gasteiger partial charge is 0.430 e. The highest BCUT2D eigenvalue weighted by Gasteiger charge is 2.71. The van der Waals surface area contributed by atoms with Gasteiger partial charge in [0.15, 0.2) is 11.5 Å². The number of urea groups is 1. The van der Waals surface area contributed by atoms with Crippen molar-refractivity contribution in [2.75, 3.05) is 19.9 Å². The number of nitrogens with zero attached hydrogens (tertiary/aromatic N) is 1. The first-order valence-corrected chi connectivity index (χ1v) is 14.3. The molecule has 8 nitrogen and oxygen atoms in total. The van der Waals surface area contributed by atoms with Crippen LogP contribution in [-0.4, -0.2) is 54.2 Å². The van der Waals surface area contributed by atoms with E-state index in [1.807, 2.05) is 0 Å². The summed E-state index contributed by atoms with van der Waals surface area (Å²) in [5, 5.41) is 12.7. The molecule has 2 aromatic carbocycles. The number of carbonyl (C=O) groups is 2. The number of halogens is 6. The van der Waals surface area contributed by atoms with E-state index in [9.17, 15) is 41.0 Å². The Hall–Kier alpha value is -4.12. The average molecular weight is 643 g/mol. The Balaban J connectivity index is 1.55. The van der Waals surface area contributed by atoms with Crippen LogP contribution in [-0.2, 0) is 28.8 Å². The summed E-state index contributed by atoms with van der Waals surface area (Å²) >= 11 is 0. The van der Waals surface area contributed by atoms with Gasteiger partial charge in [-0.1, -0.05) is 51.5 Å². The fourth-order valence-electron chi connectivity index (χ4n) is 5.41. The Labute approximate surface area is 255 Å². The number of imide groups is 1. The van der Waals surface area contributed by atoms with E-state index in [0.29, 0.717) is 42.0 Å². The Morgan fingerprint density at radius 2 is 1.53 bits per heavy atom. The molecule has 4 rings (SSSR count). The Morgan fingerprint density at radius 3 is 2.09 bits per heavy atom. The second kappa shape index (κ2) is 12.7. The van der Waals surface area contributed by atoms with Gasteiger partial charge in [0.25, 0.3) is 11.5 Å². The third-order valence-electron chi connectivity index (χ3n) is 7.74. The van der Waals surface area contributed by atoms with Crippen LogP contribution < -0.4 is 19.5 Å². The van der Waals surface area contributed by atoms with Crippen molar-refractivity contribution in [3.05, 3.63) is 52.6 Å². The van der Waals surface area contributed by atoms with Crippen molar-refractivity contribution in [1.82, 2.24) is 10.2 Å². The van der Waals surface area contributed by atoms with Gasteiger partial charge < -0.3 is 24.6 Å². The second-order valence-corrected chi connectivity index (χ2v) is 10.6. The van der Waals surface area contributed by atoms with Crippen molar-refractivity contribution < 1.29 is 55.2 Å². The summed E-state index contributed by atoms with van der Waals surface area (Å²) in [6.45, 7) is 4.52. The number of alkyl halides is 6. The summed E-state index contributed by atoms with van der Waals surface area (Å²) in [6.07, 6.45) is -10.9. The lowest BCUT2D eigenvalue weighted by Gasteiger charge is -2.33. The fraction of sp³-hybridized carbons (Fsp3) is 0.484. The lowest BCUT2D eigenvalue weighted by molar-refractivity contribution is -0.376. The Bertz CT molecular complexity index is 1470. The average Bonchev–Trinajstić information content (AvgIpc) is 3.54. The number of hydrogen-bond donors (Lipinski definition) is 2. The standard InChI is InChI=1S/C31H32F6N2O6/c1-4-9-19-15-22(29(42,30(32,33)34)31(35,36)37)16-20(10-5-2)25(19)43-14-8-7-13-39-26(40)28(6-3,38-27(39)41)21-11-12-23-24(17-21)45-18-44-23/h11-12,15-17,42H,4-6,9-10,13-14,18H2,1-3H3,(H,38,41). The molecule has 0 aromatic heterocycles. The zero-order chi connectivity index (χ0) is 33.2. The third-order valence-corrected chi connectivity index (χ3v) is 7.74. The summed E-state index contributed by atoms with van der Waals surface area (Å²) in [4.78, 5) is 27.2. The van der Waals surface area contributed by atoms with Gasteiger partial charge in [0.2, 0.25) is 6.79 Å². The number of fused-ring (bicyclic) bond motifs is 1. The lowest BCUT2D eigenvalue weighted by Crippen LogP contribution is -2.54. The summed E-state index contributed by atoms with van der Waals surface area (Å²) in [6, 6.07) is 5.61. The molecule has 2 heterocycles.